The number of carbonyl (C=O) groups excluding carboxylic acids is 1. The molecular formula is C12H18N4O2S. The third kappa shape index (κ3) is 2.70. The number of nitrogens with one attached hydrogen (secondary N) is 1. The summed E-state index contributed by atoms with van der Waals surface area (Å²) in [6, 6.07) is 0. The highest BCUT2D eigenvalue weighted by Gasteiger charge is 2.45. The number of amidine groups is 1. The van der Waals surface area contributed by atoms with Crippen molar-refractivity contribution >= 4 is 23.1 Å². The van der Waals surface area contributed by atoms with E-state index in [-0.39, 0.29) is 11.7 Å². The zero-order chi connectivity index (χ0) is 13.9. The number of carbonyl (C=O) groups is 1. The van der Waals surface area contributed by atoms with Crippen LogP contribution in [0.15, 0.2) is 11.4 Å². The van der Waals surface area contributed by atoms with Gasteiger partial charge in [0.15, 0.2) is 5.84 Å². The van der Waals surface area contributed by atoms with Crippen molar-refractivity contribution in [2.75, 3.05) is 0 Å². The van der Waals surface area contributed by atoms with Gasteiger partial charge in [-0.25, -0.2) is 4.98 Å². The summed E-state index contributed by atoms with van der Waals surface area (Å²) in [7, 11) is 0. The van der Waals surface area contributed by atoms with E-state index < -0.39 is 5.41 Å². The molecule has 1 aliphatic rings. The first-order valence-corrected chi connectivity index (χ1v) is 7.08. The SMILES string of the molecule is Cc1cnc(CNC(=O)C2(C(N)=NO)CCCC2)s1. The molecule has 1 fully saturated rings. The molecule has 104 valence electrons. The summed E-state index contributed by atoms with van der Waals surface area (Å²) in [5.74, 6) is -0.161. The van der Waals surface area contributed by atoms with Crippen LogP contribution in [-0.4, -0.2) is 21.9 Å². The fourth-order valence-corrected chi connectivity index (χ4v) is 3.21. The number of thiazole rings is 1. The number of hydrogen-bond donors (Lipinski definition) is 3. The van der Waals surface area contributed by atoms with Gasteiger partial charge in [-0.3, -0.25) is 4.79 Å². The minimum atomic E-state index is -0.846. The van der Waals surface area contributed by atoms with Crippen LogP contribution in [-0.2, 0) is 11.3 Å². The van der Waals surface area contributed by atoms with E-state index in [1.54, 1.807) is 17.5 Å². The van der Waals surface area contributed by atoms with E-state index in [2.05, 4.69) is 15.5 Å². The van der Waals surface area contributed by atoms with Crippen LogP contribution in [0, 0.1) is 12.3 Å². The number of aromatic nitrogens is 1. The van der Waals surface area contributed by atoms with Gasteiger partial charge < -0.3 is 16.3 Å². The molecule has 7 heteroatoms. The topological polar surface area (TPSA) is 101 Å². The Labute approximate surface area is 115 Å². The number of nitrogens with two attached hydrogens (primary N) is 1. The molecule has 0 bridgehead atoms. The Morgan fingerprint density at radius 2 is 2.32 bits per heavy atom. The highest BCUT2D eigenvalue weighted by atomic mass is 32.1. The smallest absolute Gasteiger partial charge is 0.234 e. The molecule has 6 nitrogen and oxygen atoms in total. The molecule has 0 aliphatic heterocycles. The minimum Gasteiger partial charge on any atom is -0.409 e. The lowest BCUT2D eigenvalue weighted by molar-refractivity contribution is -0.127. The average molecular weight is 282 g/mol. The van der Waals surface area contributed by atoms with E-state index in [1.807, 2.05) is 6.92 Å². The molecule has 1 saturated carbocycles. The lowest BCUT2D eigenvalue weighted by atomic mass is 9.84. The summed E-state index contributed by atoms with van der Waals surface area (Å²) in [4.78, 5) is 17.6. The zero-order valence-corrected chi connectivity index (χ0v) is 11.7. The van der Waals surface area contributed by atoms with Gasteiger partial charge in [-0.05, 0) is 19.8 Å². The summed E-state index contributed by atoms with van der Waals surface area (Å²) >= 11 is 1.55. The summed E-state index contributed by atoms with van der Waals surface area (Å²) < 4.78 is 0. The molecule has 0 radical (unpaired) electrons. The lowest BCUT2D eigenvalue weighted by Gasteiger charge is -2.25. The summed E-state index contributed by atoms with van der Waals surface area (Å²) in [6.45, 7) is 2.36. The van der Waals surface area contributed by atoms with Crippen LogP contribution >= 0.6 is 11.3 Å². The first-order valence-electron chi connectivity index (χ1n) is 6.26. The first-order chi connectivity index (χ1) is 9.08. The number of nitrogens with zero attached hydrogens (tertiary/aromatic N) is 2. The van der Waals surface area contributed by atoms with Crippen LogP contribution in [0.5, 0.6) is 0 Å². The van der Waals surface area contributed by atoms with Crippen LogP contribution in [0.2, 0.25) is 0 Å². The Balaban J connectivity index is 2.04. The van der Waals surface area contributed by atoms with Gasteiger partial charge in [-0.2, -0.15) is 0 Å². The fourth-order valence-electron chi connectivity index (χ4n) is 2.48. The van der Waals surface area contributed by atoms with Gasteiger partial charge in [0.25, 0.3) is 0 Å². The Morgan fingerprint density at radius 3 is 2.84 bits per heavy atom. The molecule has 19 heavy (non-hydrogen) atoms. The molecule has 0 atom stereocenters. The second kappa shape index (κ2) is 5.56. The normalized spacial score (nSPS) is 18.5. The summed E-state index contributed by atoms with van der Waals surface area (Å²) in [5, 5.41) is 15.6. The molecule has 4 N–H and O–H groups in total. The van der Waals surface area contributed by atoms with Gasteiger partial charge in [0.1, 0.15) is 10.4 Å². The standard InChI is InChI=1S/C12H18N4O2S/c1-8-6-14-9(19-8)7-15-11(17)12(10(13)16-18)4-2-3-5-12/h6,18H,2-5,7H2,1H3,(H2,13,16)(H,15,17). The van der Waals surface area contributed by atoms with Crippen molar-refractivity contribution in [3.63, 3.8) is 0 Å². The van der Waals surface area contributed by atoms with Crippen LogP contribution in [0.25, 0.3) is 0 Å². The van der Waals surface area contributed by atoms with Crippen LogP contribution in [0.4, 0.5) is 0 Å². The van der Waals surface area contributed by atoms with E-state index >= 15 is 0 Å². The maximum absolute atomic E-state index is 12.3. The summed E-state index contributed by atoms with van der Waals surface area (Å²) in [5.41, 5.74) is 4.87. The maximum atomic E-state index is 12.3. The van der Waals surface area contributed by atoms with E-state index in [0.717, 1.165) is 22.7 Å². The first kappa shape index (κ1) is 13.8. The van der Waals surface area contributed by atoms with Gasteiger partial charge >= 0.3 is 0 Å². The quantitative estimate of drug-likeness (QED) is 0.336. The van der Waals surface area contributed by atoms with Crippen molar-refractivity contribution < 1.29 is 10.0 Å². The van der Waals surface area contributed by atoms with Crippen LogP contribution in [0.3, 0.4) is 0 Å². The summed E-state index contributed by atoms with van der Waals surface area (Å²) in [6.07, 6.45) is 4.87. The molecule has 1 aliphatic carbocycles. The van der Waals surface area contributed by atoms with Crippen molar-refractivity contribution in [1.29, 1.82) is 0 Å². The second-order valence-electron chi connectivity index (χ2n) is 4.82. The largest absolute Gasteiger partial charge is 0.409 e. The number of aryl methyl sites for hydroxylation is 1. The van der Waals surface area contributed by atoms with E-state index in [1.165, 1.54) is 0 Å². The van der Waals surface area contributed by atoms with Crippen molar-refractivity contribution in [1.82, 2.24) is 10.3 Å². The minimum absolute atomic E-state index is 0.0119. The van der Waals surface area contributed by atoms with E-state index in [4.69, 9.17) is 10.9 Å². The maximum Gasteiger partial charge on any atom is 0.234 e. The number of amides is 1. The molecule has 0 unspecified atom stereocenters. The van der Waals surface area contributed by atoms with Crippen molar-refractivity contribution in [2.45, 2.75) is 39.2 Å². The van der Waals surface area contributed by atoms with E-state index in [9.17, 15) is 4.79 Å². The highest BCUT2D eigenvalue weighted by Crippen LogP contribution is 2.38. The third-order valence-electron chi connectivity index (χ3n) is 3.56. The van der Waals surface area contributed by atoms with Gasteiger partial charge in [-0.15, -0.1) is 11.3 Å². The molecule has 1 amide bonds. The van der Waals surface area contributed by atoms with Crippen molar-refractivity contribution in [3.8, 4) is 0 Å². The van der Waals surface area contributed by atoms with Crippen LogP contribution in [0.1, 0.15) is 35.6 Å². The number of hydrogen-bond acceptors (Lipinski definition) is 5. The molecule has 2 rings (SSSR count). The second-order valence-corrected chi connectivity index (χ2v) is 6.14. The number of oxime groups is 1. The molecule has 1 aromatic heterocycles. The molecule has 1 aromatic rings. The third-order valence-corrected chi connectivity index (χ3v) is 4.47. The Hall–Kier alpha value is -1.63. The lowest BCUT2D eigenvalue weighted by Crippen LogP contribution is -2.48. The van der Waals surface area contributed by atoms with Gasteiger partial charge in [0.2, 0.25) is 5.91 Å². The fraction of sp³-hybridized carbons (Fsp3) is 0.583. The average Bonchev–Trinajstić information content (AvgIpc) is 3.04. The zero-order valence-electron chi connectivity index (χ0n) is 10.8. The molecule has 0 aromatic carbocycles. The van der Waals surface area contributed by atoms with Crippen molar-refractivity contribution in [2.24, 2.45) is 16.3 Å². The van der Waals surface area contributed by atoms with E-state index in [0.29, 0.717) is 19.4 Å². The monoisotopic (exact) mass is 282 g/mol. The van der Waals surface area contributed by atoms with Gasteiger partial charge in [0.05, 0.1) is 6.54 Å². The van der Waals surface area contributed by atoms with Crippen molar-refractivity contribution in [3.05, 3.63) is 16.1 Å². The Bertz CT molecular complexity index is 492. The predicted molar refractivity (Wildman–Crippen MR) is 73.0 cm³/mol. The molecule has 0 spiro atoms. The van der Waals surface area contributed by atoms with Gasteiger partial charge in [0, 0.05) is 11.1 Å². The molecular weight excluding hydrogens is 264 g/mol. The Kier molecular flexibility index (Phi) is 4.04. The predicted octanol–water partition coefficient (Wildman–Crippen LogP) is 1.37. The molecule has 0 saturated heterocycles. The highest BCUT2D eigenvalue weighted by molar-refractivity contribution is 7.11. The van der Waals surface area contributed by atoms with Crippen LogP contribution < -0.4 is 11.1 Å². The Morgan fingerprint density at radius 1 is 1.63 bits per heavy atom. The molecule has 1 heterocycles. The number of rotatable bonds is 4. The van der Waals surface area contributed by atoms with Gasteiger partial charge in [-0.1, -0.05) is 18.0 Å².